The van der Waals surface area contributed by atoms with E-state index in [9.17, 15) is 9.18 Å². The lowest BCUT2D eigenvalue weighted by molar-refractivity contribution is 0.0281. The van der Waals surface area contributed by atoms with Crippen molar-refractivity contribution >= 4 is 32.9 Å². The molecule has 6 nitrogen and oxygen atoms in total. The molecule has 1 fully saturated rings. The Labute approximate surface area is 154 Å². The zero-order valence-corrected chi connectivity index (χ0v) is 16.2. The molecule has 0 aliphatic carbocycles. The average molecular weight is 414 g/mol. The highest BCUT2D eigenvalue weighted by Crippen LogP contribution is 2.32. The SMILES string of the molecule is COc1cc2nn([C@H]3CN(C(=O)OC(C)(C)C)C[C@H]3F)cc2cc1Br. The quantitative estimate of drug-likeness (QED) is 0.747. The standard InChI is InChI=1S/C17H21BrFN3O3/c1-17(2,3)25-16(23)21-8-12(19)14(9-21)22-7-10-5-11(18)15(24-4)6-13(10)20-22/h5-7,12,14H,8-9H2,1-4H3/t12-,14+/m1/s1. The second-order valence-electron chi connectivity index (χ2n) is 7.12. The van der Waals surface area contributed by atoms with E-state index in [1.807, 2.05) is 6.07 Å². The van der Waals surface area contributed by atoms with Crippen LogP contribution in [-0.4, -0.2) is 52.7 Å². The first kappa shape index (κ1) is 18.0. The Morgan fingerprint density at radius 1 is 1.36 bits per heavy atom. The summed E-state index contributed by atoms with van der Waals surface area (Å²) in [5.74, 6) is 0.663. The topological polar surface area (TPSA) is 56.6 Å². The molecular weight excluding hydrogens is 393 g/mol. The minimum absolute atomic E-state index is 0.00278. The molecule has 0 unspecified atom stereocenters. The van der Waals surface area contributed by atoms with Crippen LogP contribution in [-0.2, 0) is 4.74 Å². The van der Waals surface area contributed by atoms with Crippen LogP contribution in [0.5, 0.6) is 5.75 Å². The van der Waals surface area contributed by atoms with Gasteiger partial charge in [0.1, 0.15) is 23.6 Å². The lowest BCUT2D eigenvalue weighted by Crippen LogP contribution is -2.35. The summed E-state index contributed by atoms with van der Waals surface area (Å²) >= 11 is 3.43. The molecule has 1 aliphatic rings. The van der Waals surface area contributed by atoms with Gasteiger partial charge in [-0.05, 0) is 42.8 Å². The maximum absolute atomic E-state index is 14.5. The molecule has 25 heavy (non-hydrogen) atoms. The predicted molar refractivity (Wildman–Crippen MR) is 95.7 cm³/mol. The number of methoxy groups -OCH3 is 1. The largest absolute Gasteiger partial charge is 0.495 e. The Hall–Kier alpha value is -1.83. The zero-order valence-electron chi connectivity index (χ0n) is 14.6. The number of fused-ring (bicyclic) bond motifs is 1. The highest BCUT2D eigenvalue weighted by molar-refractivity contribution is 9.10. The van der Waals surface area contributed by atoms with E-state index >= 15 is 0 Å². The van der Waals surface area contributed by atoms with Crippen LogP contribution in [0.3, 0.4) is 0 Å². The van der Waals surface area contributed by atoms with Crippen LogP contribution in [0.2, 0.25) is 0 Å². The highest BCUT2D eigenvalue weighted by atomic mass is 79.9. The van der Waals surface area contributed by atoms with Crippen molar-refractivity contribution < 1.29 is 18.7 Å². The van der Waals surface area contributed by atoms with E-state index in [0.29, 0.717) is 11.3 Å². The van der Waals surface area contributed by atoms with Crippen LogP contribution in [0.4, 0.5) is 9.18 Å². The van der Waals surface area contributed by atoms with E-state index in [1.165, 1.54) is 4.90 Å². The Bertz CT molecular complexity index is 802. The molecule has 1 amide bonds. The molecule has 0 spiro atoms. The number of carbonyl (C=O) groups excluding carboxylic acids is 1. The number of ether oxygens (including phenoxy) is 2. The first-order valence-corrected chi connectivity index (χ1v) is 8.81. The van der Waals surface area contributed by atoms with Crippen molar-refractivity contribution in [1.29, 1.82) is 0 Å². The molecule has 1 saturated heterocycles. The van der Waals surface area contributed by atoms with Gasteiger partial charge < -0.3 is 14.4 Å². The van der Waals surface area contributed by atoms with Gasteiger partial charge in [-0.25, -0.2) is 9.18 Å². The van der Waals surface area contributed by atoms with E-state index in [1.54, 1.807) is 44.8 Å². The predicted octanol–water partition coefficient (Wildman–Crippen LogP) is 3.94. The summed E-state index contributed by atoms with van der Waals surface area (Å²) in [4.78, 5) is 13.6. The van der Waals surface area contributed by atoms with Crippen molar-refractivity contribution in [2.45, 2.75) is 38.6 Å². The van der Waals surface area contributed by atoms with E-state index in [4.69, 9.17) is 9.47 Å². The first-order chi connectivity index (χ1) is 11.7. The third kappa shape index (κ3) is 3.73. The van der Waals surface area contributed by atoms with Crippen molar-refractivity contribution in [3.8, 4) is 5.75 Å². The number of benzene rings is 1. The smallest absolute Gasteiger partial charge is 0.410 e. The van der Waals surface area contributed by atoms with Crippen molar-refractivity contribution in [2.75, 3.05) is 20.2 Å². The van der Waals surface area contributed by atoms with Gasteiger partial charge in [-0.15, -0.1) is 0 Å². The van der Waals surface area contributed by atoms with Gasteiger partial charge in [0.25, 0.3) is 0 Å². The molecule has 1 aromatic carbocycles. The number of carbonyl (C=O) groups is 1. The Kier molecular flexibility index (Phi) is 4.66. The van der Waals surface area contributed by atoms with Crippen LogP contribution >= 0.6 is 15.9 Å². The fraction of sp³-hybridized carbons (Fsp3) is 0.529. The van der Waals surface area contributed by atoms with Crippen LogP contribution in [0.15, 0.2) is 22.8 Å². The summed E-state index contributed by atoms with van der Waals surface area (Å²) in [5, 5.41) is 5.33. The molecule has 0 N–H and O–H groups in total. The molecule has 0 radical (unpaired) electrons. The van der Waals surface area contributed by atoms with Gasteiger partial charge in [0.05, 0.1) is 23.6 Å². The number of amides is 1. The monoisotopic (exact) mass is 413 g/mol. The fourth-order valence-corrected chi connectivity index (χ4v) is 3.36. The highest BCUT2D eigenvalue weighted by Gasteiger charge is 2.39. The zero-order chi connectivity index (χ0) is 18.4. The third-order valence-corrected chi connectivity index (χ3v) is 4.63. The van der Waals surface area contributed by atoms with Gasteiger partial charge in [0, 0.05) is 24.2 Å². The van der Waals surface area contributed by atoms with Crippen molar-refractivity contribution in [1.82, 2.24) is 14.7 Å². The van der Waals surface area contributed by atoms with Crippen LogP contribution < -0.4 is 4.74 Å². The maximum atomic E-state index is 14.5. The Morgan fingerprint density at radius 2 is 2.08 bits per heavy atom. The van der Waals surface area contributed by atoms with E-state index < -0.39 is 23.9 Å². The number of hydrogen-bond acceptors (Lipinski definition) is 4. The van der Waals surface area contributed by atoms with Crippen LogP contribution in [0.25, 0.3) is 10.9 Å². The molecule has 0 bridgehead atoms. The van der Waals surface area contributed by atoms with Crippen molar-refractivity contribution in [3.63, 3.8) is 0 Å². The van der Waals surface area contributed by atoms with Crippen molar-refractivity contribution in [3.05, 3.63) is 22.8 Å². The summed E-state index contributed by atoms with van der Waals surface area (Å²) in [6.45, 7) is 5.59. The Balaban J connectivity index is 1.82. The van der Waals surface area contributed by atoms with Crippen LogP contribution in [0.1, 0.15) is 26.8 Å². The van der Waals surface area contributed by atoms with Gasteiger partial charge in [-0.3, -0.25) is 4.68 Å². The average Bonchev–Trinajstić information content (AvgIpc) is 3.07. The minimum atomic E-state index is -1.20. The minimum Gasteiger partial charge on any atom is -0.495 e. The number of halogens is 2. The maximum Gasteiger partial charge on any atom is 0.410 e. The summed E-state index contributed by atoms with van der Waals surface area (Å²) in [7, 11) is 1.58. The molecule has 1 aliphatic heterocycles. The second kappa shape index (κ2) is 6.48. The summed E-state index contributed by atoms with van der Waals surface area (Å²) in [6.07, 6.45) is 0.0842. The van der Waals surface area contributed by atoms with Crippen molar-refractivity contribution in [2.24, 2.45) is 0 Å². The summed E-state index contributed by atoms with van der Waals surface area (Å²) in [6, 6.07) is 3.14. The second-order valence-corrected chi connectivity index (χ2v) is 7.98. The summed E-state index contributed by atoms with van der Waals surface area (Å²) in [5.41, 5.74) is 0.104. The van der Waals surface area contributed by atoms with Crippen LogP contribution in [0, 0.1) is 0 Å². The molecule has 2 heterocycles. The lowest BCUT2D eigenvalue weighted by atomic mass is 10.2. The number of aromatic nitrogens is 2. The van der Waals surface area contributed by atoms with Gasteiger partial charge in [-0.1, -0.05) is 0 Å². The number of likely N-dealkylation sites (tertiary alicyclic amines) is 1. The molecule has 3 rings (SSSR count). The molecule has 2 aromatic rings. The van der Waals surface area contributed by atoms with Gasteiger partial charge in [0.15, 0.2) is 0 Å². The van der Waals surface area contributed by atoms with E-state index in [2.05, 4.69) is 21.0 Å². The summed E-state index contributed by atoms with van der Waals surface area (Å²) < 4.78 is 27.5. The first-order valence-electron chi connectivity index (χ1n) is 8.02. The molecule has 136 valence electrons. The fourth-order valence-electron chi connectivity index (χ4n) is 2.84. The molecule has 0 saturated carbocycles. The Morgan fingerprint density at radius 3 is 2.72 bits per heavy atom. The van der Waals surface area contributed by atoms with E-state index in [-0.39, 0.29) is 13.1 Å². The number of hydrogen-bond donors (Lipinski definition) is 0. The molecular formula is C17H21BrFN3O3. The number of rotatable bonds is 2. The normalized spacial score (nSPS) is 21.0. The van der Waals surface area contributed by atoms with Gasteiger partial charge >= 0.3 is 6.09 Å². The van der Waals surface area contributed by atoms with Gasteiger partial charge in [0.2, 0.25) is 0 Å². The molecule has 1 aromatic heterocycles. The number of nitrogens with zero attached hydrogens (tertiary/aromatic N) is 3. The number of alkyl halides is 1. The molecule has 2 atom stereocenters. The molecule has 8 heteroatoms. The lowest BCUT2D eigenvalue weighted by Gasteiger charge is -2.24. The third-order valence-electron chi connectivity index (χ3n) is 4.01. The van der Waals surface area contributed by atoms with Gasteiger partial charge in [-0.2, -0.15) is 5.10 Å². The van der Waals surface area contributed by atoms with E-state index in [0.717, 1.165) is 9.86 Å².